The fraction of sp³-hybridized carbons (Fsp3) is 0.722. The Hall–Kier alpha value is -1.69. The summed E-state index contributed by atoms with van der Waals surface area (Å²) in [4.78, 5) is 26.3. The molecule has 0 saturated carbocycles. The van der Waals surface area contributed by atoms with Gasteiger partial charge < -0.3 is 10.2 Å². The van der Waals surface area contributed by atoms with Crippen molar-refractivity contribution in [3.8, 4) is 0 Å². The number of rotatable bonds is 3. The summed E-state index contributed by atoms with van der Waals surface area (Å²) in [5.41, 5.74) is 0.710. The van der Waals surface area contributed by atoms with Crippen molar-refractivity contribution in [1.29, 1.82) is 0 Å². The number of likely N-dealkylation sites (tertiary alicyclic amines) is 2. The molecule has 0 aromatic carbocycles. The number of anilines is 1. The van der Waals surface area contributed by atoms with Crippen LogP contribution in [-0.4, -0.2) is 64.9 Å². The van der Waals surface area contributed by atoms with Crippen molar-refractivity contribution in [2.24, 2.45) is 0 Å². The van der Waals surface area contributed by atoms with E-state index in [0.29, 0.717) is 11.8 Å². The number of aromatic nitrogens is 2. The quantitative estimate of drug-likeness (QED) is 0.919. The van der Waals surface area contributed by atoms with E-state index in [2.05, 4.69) is 39.1 Å². The van der Waals surface area contributed by atoms with E-state index in [9.17, 15) is 4.79 Å². The molecule has 3 rings (SSSR count). The van der Waals surface area contributed by atoms with Gasteiger partial charge in [-0.2, -0.15) is 0 Å². The molecule has 3 heterocycles. The third kappa shape index (κ3) is 3.11. The first kappa shape index (κ1) is 17.1. The lowest BCUT2D eigenvalue weighted by atomic mass is 9.86. The van der Waals surface area contributed by atoms with Crippen molar-refractivity contribution in [3.63, 3.8) is 0 Å². The van der Waals surface area contributed by atoms with Crippen molar-refractivity contribution in [2.45, 2.75) is 50.5 Å². The van der Waals surface area contributed by atoms with Crippen LogP contribution in [0.5, 0.6) is 0 Å². The Bertz CT molecular complexity index is 585. The van der Waals surface area contributed by atoms with Crippen molar-refractivity contribution < 1.29 is 4.79 Å². The molecule has 2 aliphatic heterocycles. The van der Waals surface area contributed by atoms with Gasteiger partial charge in [0.2, 0.25) is 5.91 Å². The second kappa shape index (κ2) is 7.05. The first-order valence-electron chi connectivity index (χ1n) is 9.05. The summed E-state index contributed by atoms with van der Waals surface area (Å²) < 4.78 is 0. The second-order valence-corrected chi connectivity index (χ2v) is 7.26. The monoisotopic (exact) mass is 331 g/mol. The number of likely N-dealkylation sites (N-methyl/N-ethyl adjacent to an activating group) is 1. The Morgan fingerprint density at radius 2 is 1.92 bits per heavy atom. The fourth-order valence-electron chi connectivity index (χ4n) is 4.06. The highest BCUT2D eigenvalue weighted by molar-refractivity contribution is 5.86. The first-order chi connectivity index (χ1) is 11.6. The van der Waals surface area contributed by atoms with E-state index in [-0.39, 0.29) is 5.54 Å². The number of hydrogen-bond acceptors (Lipinski definition) is 5. The average Bonchev–Trinajstić information content (AvgIpc) is 2.63. The van der Waals surface area contributed by atoms with Crippen LogP contribution in [0.2, 0.25) is 0 Å². The molecule has 2 fully saturated rings. The summed E-state index contributed by atoms with van der Waals surface area (Å²) in [6.07, 6.45) is 8.70. The molecule has 1 atom stereocenters. The van der Waals surface area contributed by atoms with E-state index in [1.165, 1.54) is 6.42 Å². The summed E-state index contributed by atoms with van der Waals surface area (Å²) in [5, 5.41) is 3.13. The van der Waals surface area contributed by atoms with E-state index in [4.69, 9.17) is 0 Å². The number of nitrogens with zero attached hydrogens (tertiary/aromatic N) is 4. The van der Waals surface area contributed by atoms with Crippen LogP contribution in [0.25, 0.3) is 0 Å². The van der Waals surface area contributed by atoms with Gasteiger partial charge >= 0.3 is 0 Å². The Kier molecular flexibility index (Phi) is 5.04. The van der Waals surface area contributed by atoms with Crippen LogP contribution in [0.4, 0.5) is 5.82 Å². The minimum atomic E-state index is -0.326. The first-order valence-corrected chi connectivity index (χ1v) is 9.05. The van der Waals surface area contributed by atoms with Crippen molar-refractivity contribution >= 4 is 11.7 Å². The normalized spacial score (nSPS) is 26.4. The molecular weight excluding hydrogens is 302 g/mol. The molecule has 0 bridgehead atoms. The Balaban J connectivity index is 1.65. The van der Waals surface area contributed by atoms with E-state index < -0.39 is 0 Å². The van der Waals surface area contributed by atoms with Crippen LogP contribution >= 0.6 is 0 Å². The van der Waals surface area contributed by atoms with Gasteiger partial charge in [-0.3, -0.25) is 14.7 Å². The van der Waals surface area contributed by atoms with Gasteiger partial charge in [0, 0.05) is 38.4 Å². The number of hydrogen-bond donors (Lipinski definition) is 1. The van der Waals surface area contributed by atoms with E-state index in [0.717, 1.165) is 56.8 Å². The van der Waals surface area contributed by atoms with Gasteiger partial charge in [0.15, 0.2) is 0 Å². The van der Waals surface area contributed by atoms with Gasteiger partial charge in [-0.25, -0.2) is 4.98 Å². The SMILES string of the molecule is CNc1nccnc1C1CCN(C(=O)[C@]2(C)CCCCN2C)CC1. The molecule has 0 radical (unpaired) electrons. The zero-order valence-corrected chi connectivity index (χ0v) is 15.1. The van der Waals surface area contributed by atoms with E-state index in [1.807, 2.05) is 7.05 Å². The molecule has 6 nitrogen and oxygen atoms in total. The summed E-state index contributed by atoms with van der Waals surface area (Å²) in [6, 6.07) is 0. The molecule has 6 heteroatoms. The highest BCUT2D eigenvalue weighted by atomic mass is 16.2. The lowest BCUT2D eigenvalue weighted by molar-refractivity contribution is -0.146. The van der Waals surface area contributed by atoms with Crippen LogP contribution in [-0.2, 0) is 4.79 Å². The lowest BCUT2D eigenvalue weighted by Gasteiger charge is -2.45. The summed E-state index contributed by atoms with van der Waals surface area (Å²) in [5.74, 6) is 1.54. The van der Waals surface area contributed by atoms with Gasteiger partial charge in [0.1, 0.15) is 5.82 Å². The van der Waals surface area contributed by atoms with Crippen LogP contribution < -0.4 is 5.32 Å². The zero-order valence-electron chi connectivity index (χ0n) is 15.1. The van der Waals surface area contributed by atoms with Gasteiger partial charge in [-0.1, -0.05) is 0 Å². The predicted octanol–water partition coefficient (Wildman–Crippen LogP) is 2.10. The maximum Gasteiger partial charge on any atom is 0.242 e. The van der Waals surface area contributed by atoms with Crippen LogP contribution in [0.1, 0.15) is 50.6 Å². The Morgan fingerprint density at radius 3 is 2.58 bits per heavy atom. The van der Waals surface area contributed by atoms with Gasteiger partial charge in [0.05, 0.1) is 11.2 Å². The van der Waals surface area contributed by atoms with E-state index >= 15 is 0 Å². The molecule has 132 valence electrons. The van der Waals surface area contributed by atoms with Crippen molar-refractivity contribution in [3.05, 3.63) is 18.1 Å². The summed E-state index contributed by atoms with van der Waals surface area (Å²) in [7, 11) is 3.97. The molecule has 0 aliphatic carbocycles. The highest BCUT2D eigenvalue weighted by Crippen LogP contribution is 2.33. The third-order valence-corrected chi connectivity index (χ3v) is 5.84. The molecule has 1 aromatic heterocycles. The second-order valence-electron chi connectivity index (χ2n) is 7.26. The van der Waals surface area contributed by atoms with Gasteiger partial charge in [0.25, 0.3) is 0 Å². The summed E-state index contributed by atoms with van der Waals surface area (Å²) in [6.45, 7) is 4.76. The largest absolute Gasteiger partial charge is 0.372 e. The topological polar surface area (TPSA) is 61.4 Å². The minimum Gasteiger partial charge on any atom is -0.372 e. The molecule has 1 aromatic rings. The minimum absolute atomic E-state index is 0.302. The lowest BCUT2D eigenvalue weighted by Crippen LogP contribution is -2.59. The number of piperidine rings is 2. The fourth-order valence-corrected chi connectivity index (χ4v) is 4.06. The molecule has 2 saturated heterocycles. The van der Waals surface area contributed by atoms with Gasteiger partial charge in [-0.15, -0.1) is 0 Å². The maximum atomic E-state index is 13.1. The van der Waals surface area contributed by atoms with Gasteiger partial charge in [-0.05, 0) is 52.6 Å². The number of nitrogens with one attached hydrogen (secondary N) is 1. The van der Waals surface area contributed by atoms with E-state index in [1.54, 1.807) is 12.4 Å². The number of carbonyl (C=O) groups excluding carboxylic acids is 1. The standard InChI is InChI=1S/C18H29N5O/c1-18(8-4-5-11-22(18)3)17(24)23-12-6-14(7-13-23)15-16(19-2)21-10-9-20-15/h9-10,14H,4-8,11-13H2,1-3H3,(H,19,21)/t18-/m0/s1. The molecule has 1 N–H and O–H groups in total. The number of carbonyl (C=O) groups is 1. The van der Waals surface area contributed by atoms with Crippen LogP contribution in [0, 0.1) is 0 Å². The summed E-state index contributed by atoms with van der Waals surface area (Å²) >= 11 is 0. The molecule has 2 aliphatic rings. The smallest absolute Gasteiger partial charge is 0.242 e. The average molecular weight is 331 g/mol. The third-order valence-electron chi connectivity index (χ3n) is 5.84. The predicted molar refractivity (Wildman–Crippen MR) is 95.0 cm³/mol. The zero-order chi connectivity index (χ0) is 17.2. The highest BCUT2D eigenvalue weighted by Gasteiger charge is 2.42. The maximum absolute atomic E-state index is 13.1. The molecule has 24 heavy (non-hydrogen) atoms. The van der Waals surface area contributed by atoms with Crippen LogP contribution in [0.3, 0.4) is 0 Å². The Labute approximate surface area is 144 Å². The number of amides is 1. The van der Waals surface area contributed by atoms with Crippen molar-refractivity contribution in [2.75, 3.05) is 39.0 Å². The van der Waals surface area contributed by atoms with Crippen molar-refractivity contribution in [1.82, 2.24) is 19.8 Å². The van der Waals surface area contributed by atoms with Crippen LogP contribution in [0.15, 0.2) is 12.4 Å². The molecule has 0 unspecified atom stereocenters. The molecular formula is C18H29N5O. The molecule has 1 amide bonds. The molecule has 0 spiro atoms. The Morgan fingerprint density at radius 1 is 1.21 bits per heavy atom.